The first-order valence-corrected chi connectivity index (χ1v) is 7.15. The van der Waals surface area contributed by atoms with Crippen LogP contribution in [0.4, 0.5) is 0 Å². The molecule has 1 saturated heterocycles. The number of nitrogens with zero attached hydrogens (tertiary/aromatic N) is 1. The number of rotatable bonds is 1. The Kier molecular flexibility index (Phi) is 4.66. The molecule has 0 atom stereocenters. The summed E-state index contributed by atoms with van der Waals surface area (Å²) in [6, 6.07) is 5.70. The number of benzene rings is 1. The molecular weight excluding hydrogens is 264 g/mol. The number of morpholine rings is 1. The molecule has 1 aliphatic rings. The highest BCUT2D eigenvalue weighted by atomic mass is 16.5. The maximum atomic E-state index is 12.9. The van der Waals surface area contributed by atoms with Gasteiger partial charge in [0.1, 0.15) is 0 Å². The molecule has 1 amide bonds. The topological polar surface area (TPSA) is 55.6 Å². The summed E-state index contributed by atoms with van der Waals surface area (Å²) < 4.78 is 5.48. The quantitative estimate of drug-likeness (QED) is 0.797. The maximum absolute atomic E-state index is 12.9. The zero-order valence-electron chi connectivity index (χ0n) is 12.9. The van der Waals surface area contributed by atoms with Gasteiger partial charge in [-0.3, -0.25) is 4.79 Å². The minimum Gasteiger partial charge on any atom is -0.377 e. The van der Waals surface area contributed by atoms with E-state index in [-0.39, 0.29) is 11.4 Å². The van der Waals surface area contributed by atoms with Crippen molar-refractivity contribution in [2.24, 2.45) is 5.73 Å². The Morgan fingerprint density at radius 1 is 1.48 bits per heavy atom. The summed E-state index contributed by atoms with van der Waals surface area (Å²) in [5, 5.41) is 0. The molecule has 1 aliphatic heterocycles. The fourth-order valence-electron chi connectivity index (χ4n) is 2.46. The molecule has 1 aromatic rings. The van der Waals surface area contributed by atoms with Crippen molar-refractivity contribution in [1.29, 1.82) is 0 Å². The molecule has 0 bridgehead atoms. The van der Waals surface area contributed by atoms with Crippen LogP contribution in [0, 0.1) is 18.8 Å². The summed E-state index contributed by atoms with van der Waals surface area (Å²) in [6.45, 7) is 8.07. The third-order valence-electron chi connectivity index (χ3n) is 3.69. The van der Waals surface area contributed by atoms with Crippen molar-refractivity contribution in [2.75, 3.05) is 26.3 Å². The zero-order valence-corrected chi connectivity index (χ0v) is 12.9. The first-order chi connectivity index (χ1) is 9.95. The average molecular weight is 286 g/mol. The third kappa shape index (κ3) is 3.44. The van der Waals surface area contributed by atoms with Gasteiger partial charge in [0, 0.05) is 17.7 Å². The fourth-order valence-corrected chi connectivity index (χ4v) is 2.46. The Bertz CT molecular complexity index is 597. The summed E-state index contributed by atoms with van der Waals surface area (Å²) >= 11 is 0. The van der Waals surface area contributed by atoms with Crippen LogP contribution < -0.4 is 5.73 Å². The molecular formula is C17H22N2O2. The lowest BCUT2D eigenvalue weighted by atomic mass is 9.98. The van der Waals surface area contributed by atoms with Crippen LogP contribution in [-0.2, 0) is 4.74 Å². The maximum Gasteiger partial charge on any atom is 0.254 e. The Morgan fingerprint density at radius 3 is 2.90 bits per heavy atom. The molecule has 2 N–H and O–H groups in total. The number of hydrogen-bond acceptors (Lipinski definition) is 3. The summed E-state index contributed by atoms with van der Waals surface area (Å²) in [5.41, 5.74) is 7.58. The van der Waals surface area contributed by atoms with Gasteiger partial charge in [-0.15, -0.1) is 0 Å². The zero-order chi connectivity index (χ0) is 15.5. The van der Waals surface area contributed by atoms with Gasteiger partial charge in [0.25, 0.3) is 5.91 Å². The third-order valence-corrected chi connectivity index (χ3v) is 3.69. The number of carbonyl (C=O) groups is 1. The van der Waals surface area contributed by atoms with Crippen LogP contribution in [-0.4, -0.2) is 42.6 Å². The second-order valence-corrected chi connectivity index (χ2v) is 5.86. The Labute approximate surface area is 126 Å². The molecule has 1 fully saturated rings. The first-order valence-electron chi connectivity index (χ1n) is 7.15. The van der Waals surface area contributed by atoms with E-state index in [4.69, 9.17) is 10.5 Å². The van der Waals surface area contributed by atoms with E-state index in [9.17, 15) is 4.79 Å². The van der Waals surface area contributed by atoms with Gasteiger partial charge in [0.05, 0.1) is 25.3 Å². The predicted molar refractivity (Wildman–Crippen MR) is 83.0 cm³/mol. The van der Waals surface area contributed by atoms with Gasteiger partial charge < -0.3 is 15.4 Å². The summed E-state index contributed by atoms with van der Waals surface area (Å²) in [6.07, 6.45) is 0. The minimum absolute atomic E-state index is 0.0391. The highest BCUT2D eigenvalue weighted by Gasteiger charge is 2.35. The molecule has 1 heterocycles. The standard InChI is InChI=1S/C17H22N2O2/c1-13-6-7-14(5-4-8-18)11-15(13)16(20)19-9-10-21-12-17(19,2)3/h6-7,11H,8-10,12,18H2,1-3H3. The van der Waals surface area contributed by atoms with Gasteiger partial charge in [-0.1, -0.05) is 17.9 Å². The van der Waals surface area contributed by atoms with E-state index in [1.165, 1.54) is 0 Å². The van der Waals surface area contributed by atoms with Crippen molar-refractivity contribution in [3.8, 4) is 11.8 Å². The second kappa shape index (κ2) is 6.30. The van der Waals surface area contributed by atoms with Crippen LogP contribution in [0.15, 0.2) is 18.2 Å². The largest absolute Gasteiger partial charge is 0.377 e. The minimum atomic E-state index is -0.291. The number of amides is 1. The molecule has 0 aliphatic carbocycles. The average Bonchev–Trinajstić information content (AvgIpc) is 2.45. The van der Waals surface area contributed by atoms with Gasteiger partial charge in [-0.25, -0.2) is 0 Å². The molecule has 0 spiro atoms. The van der Waals surface area contributed by atoms with Crippen LogP contribution in [0.2, 0.25) is 0 Å². The van der Waals surface area contributed by atoms with Gasteiger partial charge in [0.2, 0.25) is 0 Å². The van der Waals surface area contributed by atoms with Crippen LogP contribution in [0.3, 0.4) is 0 Å². The Morgan fingerprint density at radius 2 is 2.24 bits per heavy atom. The van der Waals surface area contributed by atoms with Crippen LogP contribution in [0.5, 0.6) is 0 Å². The van der Waals surface area contributed by atoms with Gasteiger partial charge in [0.15, 0.2) is 0 Å². The van der Waals surface area contributed by atoms with Crippen molar-refractivity contribution in [3.05, 3.63) is 34.9 Å². The monoisotopic (exact) mass is 286 g/mol. The first kappa shape index (κ1) is 15.6. The van der Waals surface area contributed by atoms with E-state index in [1.54, 1.807) is 0 Å². The molecule has 21 heavy (non-hydrogen) atoms. The van der Waals surface area contributed by atoms with Gasteiger partial charge in [-0.05, 0) is 38.5 Å². The van der Waals surface area contributed by atoms with Crippen molar-refractivity contribution >= 4 is 5.91 Å². The van der Waals surface area contributed by atoms with Crippen LogP contribution >= 0.6 is 0 Å². The van der Waals surface area contributed by atoms with Crippen molar-refractivity contribution in [2.45, 2.75) is 26.3 Å². The van der Waals surface area contributed by atoms with Crippen molar-refractivity contribution < 1.29 is 9.53 Å². The summed E-state index contributed by atoms with van der Waals surface area (Å²) in [7, 11) is 0. The predicted octanol–water partition coefficient (Wildman–Crippen LogP) is 1.56. The Balaban J connectivity index is 2.34. The lowest BCUT2D eigenvalue weighted by Crippen LogP contribution is -2.55. The number of carbonyl (C=O) groups excluding carboxylic acids is 1. The number of aryl methyl sites for hydroxylation is 1. The van der Waals surface area contributed by atoms with Crippen LogP contribution in [0.25, 0.3) is 0 Å². The summed E-state index contributed by atoms with van der Waals surface area (Å²) in [4.78, 5) is 14.7. The second-order valence-electron chi connectivity index (χ2n) is 5.86. The highest BCUT2D eigenvalue weighted by Crippen LogP contribution is 2.23. The molecule has 0 radical (unpaired) electrons. The Hall–Kier alpha value is -1.83. The smallest absolute Gasteiger partial charge is 0.254 e. The van der Waals surface area contributed by atoms with E-state index in [1.807, 2.05) is 43.9 Å². The highest BCUT2D eigenvalue weighted by molar-refractivity contribution is 5.96. The molecule has 1 aromatic carbocycles. The van der Waals surface area contributed by atoms with Crippen molar-refractivity contribution in [3.63, 3.8) is 0 Å². The van der Waals surface area contributed by atoms with E-state index in [0.29, 0.717) is 31.9 Å². The van der Waals surface area contributed by atoms with Crippen molar-refractivity contribution in [1.82, 2.24) is 4.90 Å². The van der Waals surface area contributed by atoms with Gasteiger partial charge >= 0.3 is 0 Å². The molecule has 4 heteroatoms. The van der Waals surface area contributed by atoms with Crippen LogP contribution in [0.1, 0.15) is 35.3 Å². The molecule has 112 valence electrons. The number of nitrogens with two attached hydrogens (primary N) is 1. The number of ether oxygens (including phenoxy) is 1. The molecule has 4 nitrogen and oxygen atoms in total. The molecule has 0 unspecified atom stereocenters. The fraction of sp³-hybridized carbons (Fsp3) is 0.471. The molecule has 0 aromatic heterocycles. The lowest BCUT2D eigenvalue weighted by molar-refractivity contribution is -0.0371. The van der Waals surface area contributed by atoms with E-state index < -0.39 is 0 Å². The molecule has 2 rings (SSSR count). The van der Waals surface area contributed by atoms with Gasteiger partial charge in [-0.2, -0.15) is 0 Å². The van der Waals surface area contributed by atoms with E-state index >= 15 is 0 Å². The van der Waals surface area contributed by atoms with E-state index in [2.05, 4.69) is 11.8 Å². The van der Waals surface area contributed by atoms with E-state index in [0.717, 1.165) is 11.1 Å². The lowest BCUT2D eigenvalue weighted by Gasteiger charge is -2.42. The number of hydrogen-bond donors (Lipinski definition) is 1. The normalized spacial score (nSPS) is 17.0. The molecule has 0 saturated carbocycles. The SMILES string of the molecule is Cc1ccc(C#CCN)cc1C(=O)N1CCOCC1(C)C. The summed E-state index contributed by atoms with van der Waals surface area (Å²) in [5.74, 6) is 5.84.